The zero-order valence-corrected chi connectivity index (χ0v) is 7.17. The van der Waals surface area contributed by atoms with Gasteiger partial charge in [0, 0.05) is 5.38 Å². The third-order valence-corrected chi connectivity index (χ3v) is 1.24. The molecule has 1 heterocycles. The molecule has 0 radical (unpaired) electrons. The largest absolute Gasteiger partial charge is 1.00 e. The van der Waals surface area contributed by atoms with Crippen molar-refractivity contribution in [2.45, 2.75) is 0 Å². The van der Waals surface area contributed by atoms with Gasteiger partial charge in [0.25, 0.3) is 0 Å². The first-order chi connectivity index (χ1) is 3.29. The Morgan fingerprint density at radius 1 is 1.62 bits per heavy atom. The van der Waals surface area contributed by atoms with Gasteiger partial charge in [0.05, 0.1) is 0 Å². The summed E-state index contributed by atoms with van der Waals surface area (Å²) in [5.41, 5.74) is 0. The molecule has 1 rings (SSSR count). The minimum absolute atomic E-state index is 0. The van der Waals surface area contributed by atoms with Gasteiger partial charge < -0.3 is 5.11 Å². The summed E-state index contributed by atoms with van der Waals surface area (Å²) in [6.45, 7) is 0. The molecule has 0 spiro atoms. The van der Waals surface area contributed by atoms with Crippen molar-refractivity contribution in [3.63, 3.8) is 0 Å². The molecule has 1 aromatic heterocycles. The van der Waals surface area contributed by atoms with Crippen LogP contribution >= 0.6 is 11.3 Å². The first kappa shape index (κ1) is 8.43. The van der Waals surface area contributed by atoms with Crippen LogP contribution in [0.15, 0.2) is 11.4 Å². The molecular weight excluding hydrogens is 138 g/mol. The molecule has 1 aromatic rings. The van der Waals surface area contributed by atoms with Gasteiger partial charge in [0.1, 0.15) is 5.82 Å². The van der Waals surface area contributed by atoms with E-state index in [4.69, 9.17) is 0 Å². The van der Waals surface area contributed by atoms with Crippen LogP contribution in [0.1, 0.15) is 0 Å². The van der Waals surface area contributed by atoms with Crippen LogP contribution in [0.25, 0.3) is 0 Å². The second-order valence-electron chi connectivity index (χ2n) is 1.08. The second-order valence-corrected chi connectivity index (χ2v) is 1.96. The maximum atomic E-state index is 11.7. The molecule has 0 amide bonds. The van der Waals surface area contributed by atoms with Gasteiger partial charge in [0.2, 0.25) is 0 Å². The van der Waals surface area contributed by atoms with E-state index in [-0.39, 0.29) is 34.6 Å². The van der Waals surface area contributed by atoms with Crippen molar-refractivity contribution in [2.75, 3.05) is 0 Å². The molecule has 0 N–H and O–H groups in total. The van der Waals surface area contributed by atoms with Crippen LogP contribution in [0.2, 0.25) is 0 Å². The minimum atomic E-state index is -0.435. The van der Waals surface area contributed by atoms with Gasteiger partial charge in [-0.1, -0.05) is 0 Å². The van der Waals surface area contributed by atoms with E-state index in [1.165, 1.54) is 5.38 Å². The molecule has 1 nitrogen and oxygen atoms in total. The Morgan fingerprint density at radius 2 is 2.25 bits per heavy atom. The Labute approximate surface area is 72.4 Å². The summed E-state index contributed by atoms with van der Waals surface area (Å²) < 4.78 is 11.7. The number of rotatable bonds is 0. The number of hydrogen-bond donors (Lipinski definition) is 0. The van der Waals surface area contributed by atoms with Crippen molar-refractivity contribution >= 4 is 11.3 Å². The SMILES string of the molecule is [Na+].[O-]c1cc(F)cs1. The molecule has 0 aliphatic heterocycles. The summed E-state index contributed by atoms with van der Waals surface area (Å²) in [7, 11) is 0. The number of thiophene rings is 1. The maximum Gasteiger partial charge on any atom is 1.00 e. The third-order valence-electron chi connectivity index (χ3n) is 0.543. The first-order valence-electron chi connectivity index (χ1n) is 1.70. The second kappa shape index (κ2) is 3.45. The van der Waals surface area contributed by atoms with Crippen molar-refractivity contribution in [3.8, 4) is 5.06 Å². The number of halogens is 1. The quantitative estimate of drug-likeness (QED) is 0.381. The Hall–Kier alpha value is 0.430. The van der Waals surface area contributed by atoms with Crippen LogP contribution in [-0.2, 0) is 0 Å². The van der Waals surface area contributed by atoms with Gasteiger partial charge in [-0.3, -0.25) is 0 Å². The van der Waals surface area contributed by atoms with Gasteiger partial charge in [-0.15, -0.1) is 0 Å². The van der Waals surface area contributed by atoms with E-state index in [0.29, 0.717) is 0 Å². The summed E-state index contributed by atoms with van der Waals surface area (Å²) in [6, 6.07) is 0.963. The molecule has 0 fully saturated rings. The van der Waals surface area contributed by atoms with Gasteiger partial charge in [-0.05, 0) is 11.1 Å². The first-order valence-corrected chi connectivity index (χ1v) is 2.58. The molecule has 0 aromatic carbocycles. The van der Waals surface area contributed by atoms with Crippen molar-refractivity contribution in [1.29, 1.82) is 0 Å². The van der Waals surface area contributed by atoms with Crippen LogP contribution in [-0.4, -0.2) is 0 Å². The summed E-state index contributed by atoms with van der Waals surface area (Å²) >= 11 is 0.874. The zero-order chi connectivity index (χ0) is 5.28. The maximum absolute atomic E-state index is 11.7. The summed E-state index contributed by atoms with van der Waals surface area (Å²) in [5.74, 6) is -0.435. The number of hydrogen-bond acceptors (Lipinski definition) is 2. The van der Waals surface area contributed by atoms with E-state index >= 15 is 0 Å². The Morgan fingerprint density at radius 3 is 2.38 bits per heavy atom. The standard InChI is InChI=1S/C4H3FOS.Na/c5-3-1-4(6)7-2-3;/h1-2,6H;/q;+1/p-1. The zero-order valence-electron chi connectivity index (χ0n) is 4.35. The van der Waals surface area contributed by atoms with E-state index in [1.807, 2.05) is 0 Å². The van der Waals surface area contributed by atoms with Crippen molar-refractivity contribution < 1.29 is 39.1 Å². The Balaban J connectivity index is 0.000000490. The fraction of sp³-hybridized carbons (Fsp3) is 0. The van der Waals surface area contributed by atoms with Crippen LogP contribution in [0, 0.1) is 5.82 Å². The molecule has 0 aliphatic rings. The van der Waals surface area contributed by atoms with E-state index in [0.717, 1.165) is 17.4 Å². The monoisotopic (exact) mass is 140 g/mol. The summed E-state index contributed by atoms with van der Waals surface area (Å²) in [6.07, 6.45) is 0. The minimum Gasteiger partial charge on any atom is -0.865 e. The average Bonchev–Trinajstić information content (AvgIpc) is 1.87. The predicted octanol–water partition coefficient (Wildman–Crippen LogP) is -2.04. The van der Waals surface area contributed by atoms with Gasteiger partial charge in [-0.2, -0.15) is 11.3 Å². The van der Waals surface area contributed by atoms with Gasteiger partial charge >= 0.3 is 29.6 Å². The van der Waals surface area contributed by atoms with E-state index in [2.05, 4.69) is 0 Å². The topological polar surface area (TPSA) is 23.1 Å². The Bertz CT molecular complexity index is 148. The normalized spacial score (nSPS) is 8.12. The molecule has 0 saturated carbocycles. The van der Waals surface area contributed by atoms with Gasteiger partial charge in [0.15, 0.2) is 0 Å². The molecule has 38 valence electrons. The van der Waals surface area contributed by atoms with Crippen LogP contribution in [0.3, 0.4) is 0 Å². The van der Waals surface area contributed by atoms with Gasteiger partial charge in [-0.25, -0.2) is 4.39 Å². The average molecular weight is 140 g/mol. The molecule has 0 saturated heterocycles. The summed E-state index contributed by atoms with van der Waals surface area (Å²) in [4.78, 5) is 0. The molecule has 8 heavy (non-hydrogen) atoms. The molecular formula is C4H2FNaOS. The van der Waals surface area contributed by atoms with Crippen LogP contribution in [0.5, 0.6) is 5.06 Å². The van der Waals surface area contributed by atoms with Crippen LogP contribution < -0.4 is 34.7 Å². The third kappa shape index (κ3) is 2.13. The van der Waals surface area contributed by atoms with Crippen molar-refractivity contribution in [3.05, 3.63) is 17.3 Å². The van der Waals surface area contributed by atoms with E-state index in [9.17, 15) is 9.50 Å². The molecule has 4 heteroatoms. The smallest absolute Gasteiger partial charge is 0.865 e. The Kier molecular flexibility index (Phi) is 3.64. The molecule has 0 aliphatic carbocycles. The molecule has 0 unspecified atom stereocenters. The van der Waals surface area contributed by atoms with Crippen molar-refractivity contribution in [2.24, 2.45) is 0 Å². The fourth-order valence-electron chi connectivity index (χ4n) is 0.295. The fourth-order valence-corrected chi connectivity index (χ4v) is 0.772. The van der Waals surface area contributed by atoms with E-state index in [1.54, 1.807) is 0 Å². The van der Waals surface area contributed by atoms with Crippen molar-refractivity contribution in [1.82, 2.24) is 0 Å². The predicted molar refractivity (Wildman–Crippen MR) is 23.7 cm³/mol. The molecule has 0 bridgehead atoms. The van der Waals surface area contributed by atoms with Crippen LogP contribution in [0.4, 0.5) is 4.39 Å². The summed E-state index contributed by atoms with van der Waals surface area (Å²) in [5, 5.41) is 11.0. The molecule has 0 atom stereocenters. The van der Waals surface area contributed by atoms with E-state index < -0.39 is 5.82 Å².